The normalized spacial score (nSPS) is 14.8. The second kappa shape index (κ2) is 11.9. The van der Waals surface area contributed by atoms with Crippen molar-refractivity contribution in [2.45, 2.75) is 39.5 Å². The van der Waals surface area contributed by atoms with Gasteiger partial charge >= 0.3 is 39.3 Å². The van der Waals surface area contributed by atoms with Crippen LogP contribution in [0.2, 0.25) is 0 Å². The second-order valence-electron chi connectivity index (χ2n) is 9.40. The smallest absolute Gasteiger partial charge is 0.175 e. The van der Waals surface area contributed by atoms with Gasteiger partial charge in [-0.3, -0.25) is 0 Å². The molecule has 4 aromatic rings. The van der Waals surface area contributed by atoms with Gasteiger partial charge in [-0.15, -0.1) is 0 Å². The van der Waals surface area contributed by atoms with E-state index in [0.29, 0.717) is 11.8 Å². The summed E-state index contributed by atoms with van der Waals surface area (Å²) in [7, 11) is 1.25. The van der Waals surface area contributed by atoms with Gasteiger partial charge in [0.15, 0.2) is 11.3 Å². The molecule has 2 nitrogen and oxygen atoms in total. The van der Waals surface area contributed by atoms with Gasteiger partial charge in [0, 0.05) is 35.6 Å². The van der Waals surface area contributed by atoms with Crippen molar-refractivity contribution >= 4 is 62.0 Å². The molecule has 0 bridgehead atoms. The van der Waals surface area contributed by atoms with E-state index in [9.17, 15) is 0 Å². The Morgan fingerprint density at radius 3 is 1.69 bits per heavy atom. The molecule has 0 saturated carbocycles. The van der Waals surface area contributed by atoms with Gasteiger partial charge in [-0.1, -0.05) is 82.3 Å². The Kier molecular flexibility index (Phi) is 8.88. The predicted octanol–water partition coefficient (Wildman–Crippen LogP) is 10.2. The number of hydrogen-bond acceptors (Lipinski definition) is 2. The summed E-state index contributed by atoms with van der Waals surface area (Å²) in [5.41, 5.74) is 9.57. The van der Waals surface area contributed by atoms with Gasteiger partial charge < -0.3 is 0 Å². The van der Waals surface area contributed by atoms with Gasteiger partial charge in [0.1, 0.15) is 5.71 Å². The Bertz CT molecular complexity index is 1420. The Morgan fingerprint density at radius 1 is 0.667 bits per heavy atom. The molecule has 4 aromatic carbocycles. The molecule has 5 rings (SSSR count). The van der Waals surface area contributed by atoms with Crippen molar-refractivity contribution in [3.05, 3.63) is 114 Å². The van der Waals surface area contributed by atoms with Crippen molar-refractivity contribution < 1.29 is 10.9 Å². The Hall–Kier alpha value is -2.20. The molecular weight excluding hydrogens is 619 g/mol. The first-order valence-corrected chi connectivity index (χ1v) is 16.8. The number of halogens is 2. The standard InChI is InChI=1S/C31H29N2.2BrH.Ni/c1-19(2)23-14-10-15-24(20(3)4)29(23)33-31-26-17-9-13-22-12-8-16-25(28(22)26)30(31)32-27-18-7-6-11-21(27)5;;;/h6-20H,5H2,1-4H3;2*1H;/q+1;;;+2/p-2. The average Bonchev–Trinajstić information content (AvgIpc) is 3.15. The molecule has 186 valence electrons. The minimum absolute atomic E-state index is 0.378. The van der Waals surface area contributed by atoms with Crippen LogP contribution in [0.1, 0.15) is 67.3 Å². The molecule has 0 aliphatic heterocycles. The number of aliphatic imine (C=N–C) groups is 2. The van der Waals surface area contributed by atoms with E-state index in [1.54, 1.807) is 0 Å². The van der Waals surface area contributed by atoms with Crippen LogP contribution in [0.15, 0.2) is 88.8 Å². The molecule has 0 saturated heterocycles. The molecule has 0 heterocycles. The Morgan fingerprint density at radius 2 is 1.17 bits per heavy atom. The van der Waals surface area contributed by atoms with Gasteiger partial charge in [0.2, 0.25) is 0 Å². The van der Waals surface area contributed by atoms with Crippen LogP contribution in [0.25, 0.3) is 10.8 Å². The number of rotatable bonds is 4. The minimum Gasteiger partial charge on any atom is -0.245 e. The number of hydrogen-bond donors (Lipinski definition) is 0. The zero-order chi connectivity index (χ0) is 25.8. The fraction of sp³-hybridized carbons (Fsp3) is 0.194. The Labute approximate surface area is 234 Å². The molecular formula is C31H29Br2N2Ni+. The van der Waals surface area contributed by atoms with E-state index < -0.39 is 0 Å². The molecule has 0 unspecified atom stereocenters. The minimum atomic E-state index is 0.378. The summed E-state index contributed by atoms with van der Waals surface area (Å²) < 4.78 is 0. The van der Waals surface area contributed by atoms with Crippen LogP contribution in [0.5, 0.6) is 0 Å². The molecule has 36 heavy (non-hydrogen) atoms. The van der Waals surface area contributed by atoms with Gasteiger partial charge in [-0.25, -0.2) is 4.99 Å². The maximum absolute atomic E-state index is 5.41. The quantitative estimate of drug-likeness (QED) is 0.156. The molecule has 1 aliphatic rings. The van der Waals surface area contributed by atoms with Gasteiger partial charge in [-0.05, 0) is 40.5 Å². The summed E-state index contributed by atoms with van der Waals surface area (Å²) in [6, 6.07) is 27.5. The third-order valence-electron chi connectivity index (χ3n) is 6.43. The first-order chi connectivity index (χ1) is 17.4. The van der Waals surface area contributed by atoms with Crippen molar-refractivity contribution in [1.29, 1.82) is 0 Å². The van der Waals surface area contributed by atoms with E-state index in [1.807, 2.05) is 24.3 Å². The summed E-state index contributed by atoms with van der Waals surface area (Å²) in [6.07, 6.45) is 0. The van der Waals surface area contributed by atoms with Crippen molar-refractivity contribution in [2.24, 2.45) is 9.98 Å². The maximum Gasteiger partial charge on any atom is 0.175 e. The van der Waals surface area contributed by atoms with E-state index in [4.69, 9.17) is 9.98 Å². The molecule has 0 radical (unpaired) electrons. The molecule has 1 aliphatic carbocycles. The molecule has 0 atom stereocenters. The molecule has 0 N–H and O–H groups in total. The molecule has 0 spiro atoms. The van der Waals surface area contributed by atoms with Crippen molar-refractivity contribution in [3.63, 3.8) is 0 Å². The summed E-state index contributed by atoms with van der Waals surface area (Å²) in [6.45, 7) is 13.1. The van der Waals surface area contributed by atoms with E-state index in [0.717, 1.165) is 39.5 Å². The van der Waals surface area contributed by atoms with Crippen LogP contribution in [-0.4, -0.2) is 11.4 Å². The zero-order valence-corrected chi connectivity index (χ0v) is 25.0. The Balaban J connectivity index is 0.000000967. The average molecular weight is 648 g/mol. The topological polar surface area (TPSA) is 24.7 Å². The molecule has 0 fully saturated rings. The third-order valence-corrected chi connectivity index (χ3v) is 6.43. The van der Waals surface area contributed by atoms with Crippen LogP contribution in [-0.2, 0) is 10.9 Å². The largest absolute Gasteiger partial charge is 0.245 e. The van der Waals surface area contributed by atoms with Crippen LogP contribution < -0.4 is 0 Å². The monoisotopic (exact) mass is 645 g/mol. The summed E-state index contributed by atoms with van der Waals surface area (Å²) in [5, 5.41) is 2.44. The van der Waals surface area contributed by atoms with Gasteiger partial charge in [0.25, 0.3) is 0 Å². The molecule has 5 heteroatoms. The van der Waals surface area contributed by atoms with Crippen LogP contribution in [0.4, 0.5) is 11.4 Å². The van der Waals surface area contributed by atoms with Crippen molar-refractivity contribution in [1.82, 2.24) is 0 Å². The number of benzene rings is 4. The van der Waals surface area contributed by atoms with E-state index >= 15 is 0 Å². The third kappa shape index (κ3) is 5.39. The molecule has 0 amide bonds. The van der Waals surface area contributed by atoms with Crippen molar-refractivity contribution in [2.75, 3.05) is 0 Å². The van der Waals surface area contributed by atoms with E-state index in [1.165, 1.54) is 32.8 Å². The SMILES string of the molecule is [Br][Ni][Br].[CH2+]c1ccccc1N=C1C(=Nc2c(C(C)C)cccc2C(C)C)c2cccc3cccc1c23. The number of nitrogens with zero attached hydrogens (tertiary/aromatic N) is 2. The van der Waals surface area contributed by atoms with Crippen LogP contribution in [0, 0.1) is 6.92 Å². The second-order valence-corrected chi connectivity index (χ2v) is 14.4. The first-order valence-electron chi connectivity index (χ1n) is 11.9. The number of para-hydroxylation sites is 2. The van der Waals surface area contributed by atoms with Crippen LogP contribution >= 0.6 is 28.5 Å². The fourth-order valence-electron chi connectivity index (χ4n) is 4.71. The summed E-state index contributed by atoms with van der Waals surface area (Å²) in [4.78, 5) is 10.6. The zero-order valence-electron chi connectivity index (χ0n) is 20.8. The maximum atomic E-state index is 5.41. The predicted molar refractivity (Wildman–Crippen MR) is 160 cm³/mol. The summed E-state index contributed by atoms with van der Waals surface area (Å²) >= 11 is 6.00. The van der Waals surface area contributed by atoms with E-state index in [2.05, 4.69) is 118 Å². The van der Waals surface area contributed by atoms with Gasteiger partial charge in [0.05, 0.1) is 11.4 Å². The summed E-state index contributed by atoms with van der Waals surface area (Å²) in [5.74, 6) is 0.757. The molecule has 0 aromatic heterocycles. The van der Waals surface area contributed by atoms with Crippen molar-refractivity contribution in [3.8, 4) is 0 Å². The fourth-order valence-corrected chi connectivity index (χ4v) is 4.71. The van der Waals surface area contributed by atoms with Gasteiger partial charge in [-0.2, -0.15) is 4.99 Å². The van der Waals surface area contributed by atoms with Crippen LogP contribution in [0.3, 0.4) is 0 Å². The first kappa shape index (κ1) is 26.9. The van der Waals surface area contributed by atoms with E-state index in [-0.39, 0.29) is 0 Å².